The van der Waals surface area contributed by atoms with E-state index in [-0.39, 0.29) is 26.7 Å². The molecule has 0 aromatic heterocycles. The minimum absolute atomic E-state index is 0.0701. The summed E-state index contributed by atoms with van der Waals surface area (Å²) in [6.45, 7) is 40.0. The van der Waals surface area contributed by atoms with Gasteiger partial charge in [-0.15, -0.1) is 11.1 Å². The van der Waals surface area contributed by atoms with Crippen LogP contribution in [0.25, 0.3) is 0 Å². The van der Waals surface area contributed by atoms with Crippen molar-refractivity contribution in [3.63, 3.8) is 0 Å². The van der Waals surface area contributed by atoms with Crippen LogP contribution in [0.3, 0.4) is 0 Å². The molecule has 4 rings (SSSR count). The highest BCUT2D eigenvalue weighted by Gasteiger charge is 2.80. The number of nitrogens with zero attached hydrogens (tertiary/aromatic N) is 4. The summed E-state index contributed by atoms with van der Waals surface area (Å²) in [7, 11) is -6.02. The van der Waals surface area contributed by atoms with Crippen molar-refractivity contribution in [2.45, 2.75) is 109 Å². The highest BCUT2D eigenvalue weighted by Crippen LogP contribution is 2.63. The minimum Gasteiger partial charge on any atom is -0.377 e. The van der Waals surface area contributed by atoms with Crippen LogP contribution in [-0.2, 0) is 0 Å². The summed E-state index contributed by atoms with van der Waals surface area (Å²) in [6, 6.07) is 18.4. The predicted molar refractivity (Wildman–Crippen MR) is 197 cm³/mol. The summed E-state index contributed by atoms with van der Waals surface area (Å²) < 4.78 is 11.4. The van der Waals surface area contributed by atoms with Gasteiger partial charge in [0.1, 0.15) is 0 Å². The molecule has 2 aliphatic rings. The maximum Gasteiger partial charge on any atom is 0.395 e. The number of hydrogen-bond donors (Lipinski definition) is 0. The second kappa shape index (κ2) is 10.7. The van der Waals surface area contributed by atoms with Gasteiger partial charge in [-0.05, 0) is 51.0 Å². The molecule has 0 aliphatic carbocycles. The number of benzene rings is 2. The van der Waals surface area contributed by atoms with Crippen LogP contribution in [0.1, 0.15) is 104 Å². The van der Waals surface area contributed by atoms with Crippen molar-refractivity contribution in [2.75, 3.05) is 44.4 Å². The smallest absolute Gasteiger partial charge is 0.377 e. The van der Waals surface area contributed by atoms with Crippen LogP contribution in [0.2, 0.25) is 5.04 Å². The third kappa shape index (κ3) is 6.14. The van der Waals surface area contributed by atoms with E-state index in [0.717, 1.165) is 26.2 Å². The maximum absolute atomic E-state index is 9.03. The van der Waals surface area contributed by atoms with E-state index in [0.29, 0.717) is 0 Å². The maximum atomic E-state index is 9.03. The Morgan fingerprint density at radius 1 is 0.442 bits per heavy atom. The molecule has 0 amide bonds. The van der Waals surface area contributed by atoms with Crippen LogP contribution >= 0.6 is 11.1 Å². The van der Waals surface area contributed by atoms with E-state index in [9.17, 15) is 0 Å². The lowest BCUT2D eigenvalue weighted by molar-refractivity contribution is 0.415. The van der Waals surface area contributed by atoms with Crippen molar-refractivity contribution in [2.24, 2.45) is 21.7 Å². The van der Waals surface area contributed by atoms with E-state index in [1.54, 1.807) is 0 Å². The Labute approximate surface area is 271 Å². The van der Waals surface area contributed by atoms with Crippen molar-refractivity contribution in [3.8, 4) is 0 Å². The monoisotopic (exact) mass is 640 g/mol. The number of hydrogen-bond acceptors (Lipinski definition) is 4. The van der Waals surface area contributed by atoms with Gasteiger partial charge < -0.3 is 18.3 Å². The van der Waals surface area contributed by atoms with Crippen molar-refractivity contribution < 1.29 is 0 Å². The van der Waals surface area contributed by atoms with Gasteiger partial charge in [-0.2, -0.15) is 0 Å². The third-order valence-electron chi connectivity index (χ3n) is 8.44. The first-order chi connectivity index (χ1) is 19.3. The fraction of sp³-hybridized carbons (Fsp3) is 0.667. The Kier molecular flexibility index (Phi) is 8.54. The molecule has 2 aromatic carbocycles. The Balaban J connectivity index is 2.22. The molecule has 43 heavy (non-hydrogen) atoms. The number of anilines is 4. The highest BCUT2D eigenvalue weighted by atomic mass is 35.6. The van der Waals surface area contributed by atoms with Gasteiger partial charge in [0.15, 0.2) is 0 Å². The second-order valence-corrected chi connectivity index (χ2v) is 32.0. The van der Waals surface area contributed by atoms with Gasteiger partial charge in [0, 0.05) is 26.2 Å². The molecule has 0 bridgehead atoms. The lowest BCUT2D eigenvalue weighted by atomic mass is 9.96. The average molecular weight is 642 g/mol. The molecule has 7 heteroatoms. The van der Waals surface area contributed by atoms with E-state index < -0.39 is 15.1 Å². The van der Waals surface area contributed by atoms with Crippen LogP contribution in [0.15, 0.2) is 48.5 Å². The number of halogens is 1. The molecule has 0 saturated carbocycles. The zero-order valence-electron chi connectivity index (χ0n) is 30.1. The number of fused-ring (bicyclic) bond motifs is 2. The van der Waals surface area contributed by atoms with Crippen molar-refractivity contribution in [3.05, 3.63) is 48.5 Å². The third-order valence-corrected chi connectivity index (χ3v) is 27.8. The summed E-state index contributed by atoms with van der Waals surface area (Å²) in [5.41, 5.74) is 5.71. The first-order valence-corrected chi connectivity index (χ1v) is 22.1. The molecule has 240 valence electrons. The SMILES string of the molecule is CC(C)(C)CN1c2ccccc2N(CC(C)(C)C)[Si]1(Cl)[Si]1(C(C)(C)C)N(CC(C)(C)C)c2ccccc2N1CC(C)(C)C. The molecule has 4 nitrogen and oxygen atoms in total. The molecule has 0 atom stereocenters. The first-order valence-electron chi connectivity index (χ1n) is 16.3. The van der Waals surface area contributed by atoms with Crippen molar-refractivity contribution >= 4 is 49.0 Å². The second-order valence-electron chi connectivity index (χ2n) is 19.1. The Hall–Kier alpha value is -1.64. The Morgan fingerprint density at radius 3 is 0.907 bits per heavy atom. The zero-order valence-corrected chi connectivity index (χ0v) is 32.9. The highest BCUT2D eigenvalue weighted by molar-refractivity contribution is 7.64. The molecular weight excluding hydrogens is 580 g/mol. The molecule has 2 aromatic rings. The summed E-state index contributed by atoms with van der Waals surface area (Å²) in [4.78, 5) is 0. The molecular formula is C36H61ClN4Si2. The van der Waals surface area contributed by atoms with Crippen LogP contribution < -0.4 is 18.3 Å². The Morgan fingerprint density at radius 2 is 0.674 bits per heavy atom. The summed E-state index contributed by atoms with van der Waals surface area (Å²) >= 11 is 9.03. The molecule has 2 heterocycles. The van der Waals surface area contributed by atoms with E-state index >= 15 is 0 Å². The molecule has 0 unspecified atom stereocenters. The quantitative estimate of drug-likeness (QED) is 0.238. The summed E-state index contributed by atoms with van der Waals surface area (Å²) in [6.07, 6.45) is 0. The molecule has 0 fully saturated rings. The van der Waals surface area contributed by atoms with E-state index in [4.69, 9.17) is 11.1 Å². The number of para-hydroxylation sites is 4. The van der Waals surface area contributed by atoms with Crippen LogP contribution in [0.4, 0.5) is 22.7 Å². The van der Waals surface area contributed by atoms with Crippen molar-refractivity contribution in [1.29, 1.82) is 0 Å². The Bertz CT molecular complexity index is 1220. The topological polar surface area (TPSA) is 13.0 Å². The van der Waals surface area contributed by atoms with Gasteiger partial charge in [0.05, 0.1) is 22.7 Å². The standard InChI is InChI=1S/C36H61ClN4Si2/c1-32(2,3)24-38-28-20-16-17-21-29(28)39(25-33(4,5)6)42(38,36(13,14)15)43(37)40(26-34(7,8)9)30-22-18-19-23-31(30)41(43)27-35(10,11)12/h16-23H,24-27H2,1-15H3. The molecule has 0 spiro atoms. The van der Waals surface area contributed by atoms with Crippen LogP contribution in [-0.4, -0.2) is 41.3 Å². The molecule has 0 N–H and O–H groups in total. The fourth-order valence-electron chi connectivity index (χ4n) is 7.48. The van der Waals surface area contributed by atoms with Crippen LogP contribution in [0.5, 0.6) is 0 Å². The fourth-order valence-corrected chi connectivity index (χ4v) is 31.8. The van der Waals surface area contributed by atoms with Gasteiger partial charge in [0.25, 0.3) is 0 Å². The van der Waals surface area contributed by atoms with Gasteiger partial charge >= 0.3 is 15.1 Å². The molecule has 0 saturated heterocycles. The average Bonchev–Trinajstić information content (AvgIpc) is 3.19. The van der Waals surface area contributed by atoms with Gasteiger partial charge in [-0.3, -0.25) is 0 Å². The van der Waals surface area contributed by atoms with Crippen molar-refractivity contribution in [1.82, 2.24) is 0 Å². The van der Waals surface area contributed by atoms with Gasteiger partial charge in [0.2, 0.25) is 0 Å². The van der Waals surface area contributed by atoms with Crippen LogP contribution in [0, 0.1) is 21.7 Å². The largest absolute Gasteiger partial charge is 0.395 e. The van der Waals surface area contributed by atoms with E-state index in [2.05, 4.69) is 171 Å². The minimum atomic E-state index is -3.12. The molecule has 2 aliphatic heterocycles. The lowest BCUT2D eigenvalue weighted by Gasteiger charge is -2.62. The van der Waals surface area contributed by atoms with Gasteiger partial charge in [-0.1, -0.05) is 128 Å². The number of rotatable bonds is 5. The summed E-state index contributed by atoms with van der Waals surface area (Å²) in [5.74, 6) is 0. The zero-order chi connectivity index (χ0) is 32.6. The molecule has 0 radical (unpaired) electrons. The van der Waals surface area contributed by atoms with Gasteiger partial charge in [-0.25, -0.2) is 0 Å². The normalized spacial score (nSPS) is 18.8. The van der Waals surface area contributed by atoms with E-state index in [1.165, 1.54) is 22.7 Å². The predicted octanol–water partition coefficient (Wildman–Crippen LogP) is 10.3. The lowest BCUT2D eigenvalue weighted by Crippen LogP contribution is -2.90. The van der Waals surface area contributed by atoms with E-state index in [1.807, 2.05) is 0 Å². The first kappa shape index (κ1) is 34.2. The summed E-state index contributed by atoms with van der Waals surface area (Å²) in [5, 5.41) is -0.0786.